The molecule has 2 aromatic carbocycles. The molecular weight excluding hydrogens is 258 g/mol. The Morgan fingerprint density at radius 3 is 2.52 bits per heavy atom. The van der Waals surface area contributed by atoms with Gasteiger partial charge in [0.1, 0.15) is 5.75 Å². The Balaban J connectivity index is 1.77. The van der Waals surface area contributed by atoms with Crippen LogP contribution in [0.25, 0.3) is 10.8 Å². The molecule has 0 aromatic heterocycles. The highest BCUT2D eigenvalue weighted by Crippen LogP contribution is 2.30. The lowest BCUT2D eigenvalue weighted by atomic mass is 9.98. The van der Waals surface area contributed by atoms with Crippen molar-refractivity contribution in [3.8, 4) is 5.75 Å². The van der Waals surface area contributed by atoms with Crippen molar-refractivity contribution in [1.29, 1.82) is 0 Å². The van der Waals surface area contributed by atoms with E-state index in [1.54, 1.807) is 7.11 Å². The molecule has 0 unspecified atom stereocenters. The van der Waals surface area contributed by atoms with Gasteiger partial charge in [-0.1, -0.05) is 43.2 Å². The summed E-state index contributed by atoms with van der Waals surface area (Å²) in [6, 6.07) is 13.4. The van der Waals surface area contributed by atoms with Gasteiger partial charge in [0.2, 0.25) is 0 Å². The van der Waals surface area contributed by atoms with Gasteiger partial charge in [0, 0.05) is 18.0 Å². The summed E-state index contributed by atoms with van der Waals surface area (Å²) in [5.41, 5.74) is 1.36. The second kappa shape index (κ2) is 6.48. The molecule has 1 aliphatic carbocycles. The van der Waals surface area contributed by atoms with Crippen LogP contribution in [0.2, 0.25) is 0 Å². The van der Waals surface area contributed by atoms with E-state index < -0.39 is 0 Å². The van der Waals surface area contributed by atoms with Crippen molar-refractivity contribution in [3.05, 3.63) is 42.0 Å². The third-order valence-electron chi connectivity index (χ3n) is 4.92. The quantitative estimate of drug-likeness (QED) is 0.871. The first-order chi connectivity index (χ1) is 10.3. The highest BCUT2D eigenvalue weighted by atomic mass is 16.5. The van der Waals surface area contributed by atoms with Crippen molar-refractivity contribution in [1.82, 2.24) is 5.32 Å². The lowest BCUT2D eigenvalue weighted by Gasteiger charge is -2.21. The molecule has 2 nitrogen and oxygen atoms in total. The van der Waals surface area contributed by atoms with E-state index in [4.69, 9.17) is 4.74 Å². The molecule has 0 saturated heterocycles. The van der Waals surface area contributed by atoms with Crippen molar-refractivity contribution >= 4 is 10.8 Å². The Morgan fingerprint density at radius 2 is 1.81 bits per heavy atom. The smallest absolute Gasteiger partial charge is 0.126 e. The summed E-state index contributed by atoms with van der Waals surface area (Å²) >= 11 is 0. The van der Waals surface area contributed by atoms with E-state index in [2.05, 4.69) is 48.6 Å². The minimum Gasteiger partial charge on any atom is -0.496 e. The van der Waals surface area contributed by atoms with Gasteiger partial charge < -0.3 is 10.1 Å². The molecule has 1 atom stereocenters. The van der Waals surface area contributed by atoms with E-state index >= 15 is 0 Å². The van der Waals surface area contributed by atoms with Crippen molar-refractivity contribution in [2.45, 2.75) is 45.2 Å². The van der Waals surface area contributed by atoms with E-state index in [-0.39, 0.29) is 0 Å². The largest absolute Gasteiger partial charge is 0.496 e. The monoisotopic (exact) mass is 283 g/mol. The molecule has 3 rings (SSSR count). The summed E-state index contributed by atoms with van der Waals surface area (Å²) in [7, 11) is 1.74. The summed E-state index contributed by atoms with van der Waals surface area (Å²) in [6.07, 6.45) is 5.58. The van der Waals surface area contributed by atoms with Crippen molar-refractivity contribution in [2.24, 2.45) is 5.92 Å². The summed E-state index contributed by atoms with van der Waals surface area (Å²) < 4.78 is 5.47. The molecule has 0 aliphatic heterocycles. The average Bonchev–Trinajstić information content (AvgIpc) is 3.06. The van der Waals surface area contributed by atoms with Crippen LogP contribution in [-0.4, -0.2) is 13.2 Å². The van der Waals surface area contributed by atoms with Gasteiger partial charge in [0.15, 0.2) is 0 Å². The zero-order chi connectivity index (χ0) is 14.7. The molecule has 0 radical (unpaired) electrons. The van der Waals surface area contributed by atoms with Crippen molar-refractivity contribution in [2.75, 3.05) is 7.11 Å². The van der Waals surface area contributed by atoms with Crippen LogP contribution >= 0.6 is 0 Å². The Labute approximate surface area is 127 Å². The molecule has 21 heavy (non-hydrogen) atoms. The Bertz CT molecular complexity index is 602. The number of nitrogens with one attached hydrogen (secondary N) is 1. The molecule has 1 N–H and O–H groups in total. The predicted molar refractivity (Wildman–Crippen MR) is 88.8 cm³/mol. The standard InChI is InChI=1S/C19H25NO/c1-14(15-7-3-4-8-15)20-13-16-11-12-19(21-2)18-10-6-5-9-17(16)18/h5-6,9-12,14-15,20H,3-4,7-8,13H2,1-2H3/t14-/m0/s1. The van der Waals surface area contributed by atoms with Gasteiger partial charge in [-0.05, 0) is 42.7 Å². The third-order valence-corrected chi connectivity index (χ3v) is 4.92. The maximum Gasteiger partial charge on any atom is 0.126 e. The zero-order valence-corrected chi connectivity index (χ0v) is 13.1. The molecule has 0 heterocycles. The molecule has 2 heteroatoms. The molecule has 0 bridgehead atoms. The van der Waals surface area contributed by atoms with Gasteiger partial charge >= 0.3 is 0 Å². The molecule has 1 saturated carbocycles. The molecule has 1 fully saturated rings. The fourth-order valence-electron chi connectivity index (χ4n) is 3.56. The number of hydrogen-bond acceptors (Lipinski definition) is 2. The van der Waals surface area contributed by atoms with E-state index in [9.17, 15) is 0 Å². The first kappa shape index (κ1) is 14.4. The van der Waals surface area contributed by atoms with Gasteiger partial charge in [-0.15, -0.1) is 0 Å². The van der Waals surface area contributed by atoms with E-state index in [0.717, 1.165) is 18.2 Å². The number of hydrogen-bond donors (Lipinski definition) is 1. The molecule has 1 aliphatic rings. The Kier molecular flexibility index (Phi) is 4.45. The van der Waals surface area contributed by atoms with Gasteiger partial charge in [-0.25, -0.2) is 0 Å². The van der Waals surface area contributed by atoms with Gasteiger partial charge in [-0.2, -0.15) is 0 Å². The van der Waals surface area contributed by atoms with Crippen molar-refractivity contribution in [3.63, 3.8) is 0 Å². The summed E-state index contributed by atoms with van der Waals surface area (Å²) in [4.78, 5) is 0. The number of ether oxygens (including phenoxy) is 1. The molecule has 112 valence electrons. The molecule has 2 aromatic rings. The first-order valence-corrected chi connectivity index (χ1v) is 8.07. The van der Waals surface area contributed by atoms with Crippen LogP contribution in [0.15, 0.2) is 36.4 Å². The summed E-state index contributed by atoms with van der Waals surface area (Å²) in [5, 5.41) is 6.23. The normalized spacial score (nSPS) is 17.2. The highest BCUT2D eigenvalue weighted by molar-refractivity contribution is 5.91. The first-order valence-electron chi connectivity index (χ1n) is 8.07. The maximum absolute atomic E-state index is 5.47. The van der Waals surface area contributed by atoms with E-state index in [1.165, 1.54) is 42.0 Å². The minimum atomic E-state index is 0.605. The number of benzene rings is 2. The number of rotatable bonds is 5. The maximum atomic E-state index is 5.47. The second-order valence-electron chi connectivity index (χ2n) is 6.19. The fourth-order valence-corrected chi connectivity index (χ4v) is 3.56. The Morgan fingerprint density at radius 1 is 1.10 bits per heavy atom. The zero-order valence-electron chi connectivity index (χ0n) is 13.1. The van der Waals surface area contributed by atoms with E-state index in [1.807, 2.05) is 0 Å². The molecule has 0 amide bonds. The van der Waals surface area contributed by atoms with Crippen LogP contribution in [0.3, 0.4) is 0 Å². The highest BCUT2D eigenvalue weighted by Gasteiger charge is 2.21. The van der Waals surface area contributed by atoms with Crippen LogP contribution in [0.1, 0.15) is 38.2 Å². The van der Waals surface area contributed by atoms with Crippen LogP contribution in [0.5, 0.6) is 5.75 Å². The van der Waals surface area contributed by atoms with Gasteiger partial charge in [-0.3, -0.25) is 0 Å². The summed E-state index contributed by atoms with van der Waals surface area (Å²) in [5.74, 6) is 1.81. The predicted octanol–water partition coefficient (Wildman–Crippen LogP) is 4.52. The summed E-state index contributed by atoms with van der Waals surface area (Å²) in [6.45, 7) is 3.27. The van der Waals surface area contributed by atoms with Crippen LogP contribution in [0.4, 0.5) is 0 Å². The van der Waals surface area contributed by atoms with Crippen molar-refractivity contribution < 1.29 is 4.74 Å². The van der Waals surface area contributed by atoms with Gasteiger partial charge in [0.25, 0.3) is 0 Å². The van der Waals surface area contributed by atoms with E-state index in [0.29, 0.717) is 6.04 Å². The fraction of sp³-hybridized carbons (Fsp3) is 0.474. The van der Waals surface area contributed by atoms with Crippen LogP contribution < -0.4 is 10.1 Å². The Hall–Kier alpha value is -1.54. The topological polar surface area (TPSA) is 21.3 Å². The average molecular weight is 283 g/mol. The lowest BCUT2D eigenvalue weighted by Crippen LogP contribution is -2.31. The SMILES string of the molecule is COc1ccc(CN[C@@H](C)C2CCCC2)c2ccccc12. The molecule has 0 spiro atoms. The number of fused-ring (bicyclic) bond motifs is 1. The lowest BCUT2D eigenvalue weighted by molar-refractivity contribution is 0.381. The van der Waals surface area contributed by atoms with Crippen LogP contribution in [0, 0.1) is 5.92 Å². The molecular formula is C19H25NO. The minimum absolute atomic E-state index is 0.605. The third kappa shape index (κ3) is 3.06. The number of methoxy groups -OCH3 is 1. The second-order valence-corrected chi connectivity index (χ2v) is 6.19. The van der Waals surface area contributed by atoms with Gasteiger partial charge in [0.05, 0.1) is 7.11 Å². The van der Waals surface area contributed by atoms with Crippen LogP contribution in [-0.2, 0) is 6.54 Å².